The molecule has 54 valence electrons. The monoisotopic (exact) mass is 142 g/mol. The zero-order valence-electron chi connectivity index (χ0n) is 5.13. The summed E-state index contributed by atoms with van der Waals surface area (Å²) in [5.74, 6) is -0.891. The van der Waals surface area contributed by atoms with Gasteiger partial charge in [0.2, 0.25) is 5.91 Å². The predicted molar refractivity (Wildman–Crippen MR) is 32.3 cm³/mol. The molecule has 0 aromatic rings. The number of carbonyl (C=O) groups is 2. The Kier molecular flexibility index (Phi) is 1.77. The second-order valence-electron chi connectivity index (χ2n) is 1.84. The number of nitrogens with zero attached hydrogens (tertiary/aromatic N) is 1. The molecule has 0 radical (unpaired) electrons. The fraction of sp³-hybridized carbons (Fsp3) is 0.400. The molecule has 0 unspecified atom stereocenters. The Morgan fingerprint density at radius 3 is 2.80 bits per heavy atom. The minimum atomic E-state index is -0.507. The van der Waals surface area contributed by atoms with E-state index in [1.54, 1.807) is 0 Å². The van der Waals surface area contributed by atoms with Crippen LogP contribution in [0, 0.1) is 0 Å². The molecule has 1 aliphatic heterocycles. The number of amides is 2. The van der Waals surface area contributed by atoms with Crippen LogP contribution in [0.2, 0.25) is 0 Å². The molecule has 0 aliphatic carbocycles. The van der Waals surface area contributed by atoms with Crippen molar-refractivity contribution in [1.82, 2.24) is 5.32 Å². The first-order valence-corrected chi connectivity index (χ1v) is 2.73. The van der Waals surface area contributed by atoms with Gasteiger partial charge in [-0.3, -0.25) is 9.59 Å². The Balaban J connectivity index is 2.74. The van der Waals surface area contributed by atoms with E-state index < -0.39 is 18.4 Å². The normalized spacial score (nSPS) is 18.3. The average Bonchev–Trinajstić information content (AvgIpc) is 1.85. The molecule has 1 heterocycles. The van der Waals surface area contributed by atoms with Crippen LogP contribution in [0.15, 0.2) is 4.99 Å². The van der Waals surface area contributed by atoms with Gasteiger partial charge in [0.05, 0.1) is 0 Å². The topological polar surface area (TPSA) is 78.8 Å². The van der Waals surface area contributed by atoms with Crippen LogP contribution >= 0.6 is 0 Å². The van der Waals surface area contributed by atoms with E-state index in [0.29, 0.717) is 0 Å². The maximum Gasteiger partial charge on any atom is 0.256 e. The summed E-state index contributed by atoms with van der Waals surface area (Å²) >= 11 is 0. The molecule has 0 fully saturated rings. The van der Waals surface area contributed by atoms with Crippen LogP contribution in [0.4, 0.5) is 0 Å². The van der Waals surface area contributed by atoms with Gasteiger partial charge in [0.1, 0.15) is 18.9 Å². The second-order valence-corrected chi connectivity index (χ2v) is 1.84. The van der Waals surface area contributed by atoms with E-state index in [4.69, 9.17) is 5.11 Å². The molecule has 0 aromatic carbocycles. The van der Waals surface area contributed by atoms with Crippen molar-refractivity contribution in [1.29, 1.82) is 0 Å². The Morgan fingerprint density at radius 1 is 1.60 bits per heavy atom. The Bertz CT molecular complexity index is 209. The third-order valence-corrected chi connectivity index (χ3v) is 1.00. The van der Waals surface area contributed by atoms with Crippen LogP contribution in [0.5, 0.6) is 0 Å². The number of amidine groups is 1. The van der Waals surface area contributed by atoms with Crippen LogP contribution in [-0.2, 0) is 9.59 Å². The van der Waals surface area contributed by atoms with Gasteiger partial charge in [-0.05, 0) is 0 Å². The number of aliphatic hydroxyl groups excluding tert-OH is 1. The van der Waals surface area contributed by atoms with E-state index in [1.807, 2.05) is 0 Å². The summed E-state index contributed by atoms with van der Waals surface area (Å²) in [6.07, 6.45) is -0.219. The van der Waals surface area contributed by atoms with Crippen LogP contribution in [0.25, 0.3) is 0 Å². The summed E-state index contributed by atoms with van der Waals surface area (Å²) < 4.78 is 0. The lowest BCUT2D eigenvalue weighted by Gasteiger charge is -2.08. The van der Waals surface area contributed by atoms with Gasteiger partial charge in [-0.2, -0.15) is 4.99 Å². The number of aliphatic hydroxyl groups is 1. The van der Waals surface area contributed by atoms with Gasteiger partial charge in [0, 0.05) is 0 Å². The predicted octanol–water partition coefficient (Wildman–Crippen LogP) is -1.58. The van der Waals surface area contributed by atoms with Crippen molar-refractivity contribution in [2.75, 3.05) is 6.61 Å². The average molecular weight is 142 g/mol. The van der Waals surface area contributed by atoms with Gasteiger partial charge < -0.3 is 10.4 Å². The number of rotatable bonds is 1. The first-order valence-electron chi connectivity index (χ1n) is 2.73. The summed E-state index contributed by atoms with van der Waals surface area (Å²) in [4.78, 5) is 24.3. The van der Waals surface area contributed by atoms with E-state index in [-0.39, 0.29) is 12.3 Å². The van der Waals surface area contributed by atoms with Crippen LogP contribution in [0.3, 0.4) is 0 Å². The summed E-state index contributed by atoms with van der Waals surface area (Å²) in [6, 6.07) is 0. The molecular formula is C5H6N2O3. The number of carbonyl (C=O) groups excluding carboxylic acids is 2. The molecule has 10 heavy (non-hydrogen) atoms. The lowest BCUT2D eigenvalue weighted by Crippen LogP contribution is -2.38. The summed E-state index contributed by atoms with van der Waals surface area (Å²) in [7, 11) is 0. The maximum atomic E-state index is 10.5. The van der Waals surface area contributed by atoms with Crippen molar-refractivity contribution in [3.63, 3.8) is 0 Å². The van der Waals surface area contributed by atoms with Crippen LogP contribution in [0.1, 0.15) is 6.42 Å². The minimum absolute atomic E-state index is 0.0289. The van der Waals surface area contributed by atoms with E-state index in [1.165, 1.54) is 0 Å². The van der Waals surface area contributed by atoms with Gasteiger partial charge in [0.15, 0.2) is 0 Å². The van der Waals surface area contributed by atoms with E-state index >= 15 is 0 Å². The molecule has 0 spiro atoms. The SMILES string of the molecule is O=C1CC(=O)NC(CO)=N1. The van der Waals surface area contributed by atoms with Crippen molar-refractivity contribution < 1.29 is 14.7 Å². The molecule has 0 atom stereocenters. The largest absolute Gasteiger partial charge is 0.388 e. The molecule has 1 aliphatic rings. The van der Waals surface area contributed by atoms with Crippen molar-refractivity contribution in [3.8, 4) is 0 Å². The summed E-state index contributed by atoms with van der Waals surface area (Å²) in [5, 5.41) is 10.7. The van der Waals surface area contributed by atoms with E-state index in [2.05, 4.69) is 10.3 Å². The number of hydrogen-bond donors (Lipinski definition) is 2. The first-order chi connectivity index (χ1) is 4.72. The molecule has 2 amide bonds. The van der Waals surface area contributed by atoms with E-state index in [9.17, 15) is 9.59 Å². The van der Waals surface area contributed by atoms with Gasteiger partial charge in [-0.25, -0.2) is 0 Å². The molecule has 0 bridgehead atoms. The van der Waals surface area contributed by atoms with Crippen molar-refractivity contribution >= 4 is 17.6 Å². The fourth-order valence-corrected chi connectivity index (χ4v) is 0.635. The summed E-state index contributed by atoms with van der Waals surface area (Å²) in [6.45, 7) is -0.405. The lowest BCUT2D eigenvalue weighted by molar-refractivity contribution is -0.127. The first kappa shape index (κ1) is 6.88. The molecule has 0 saturated heterocycles. The second kappa shape index (κ2) is 2.57. The summed E-state index contributed by atoms with van der Waals surface area (Å²) in [5.41, 5.74) is 0. The highest BCUT2D eigenvalue weighted by atomic mass is 16.3. The Hall–Kier alpha value is -1.23. The molecule has 1 rings (SSSR count). The zero-order chi connectivity index (χ0) is 7.56. The Morgan fingerprint density at radius 2 is 2.30 bits per heavy atom. The van der Waals surface area contributed by atoms with Crippen LogP contribution in [-0.4, -0.2) is 29.4 Å². The quantitative estimate of drug-likeness (QED) is 0.434. The van der Waals surface area contributed by atoms with Crippen LogP contribution < -0.4 is 5.32 Å². The zero-order valence-corrected chi connectivity index (χ0v) is 5.13. The highest BCUT2D eigenvalue weighted by molar-refractivity contribution is 6.14. The standard InChI is InChI=1S/C5H6N2O3/c8-2-3-6-4(9)1-5(10)7-3/h8H,1-2H2,(H,6,7,9,10). The van der Waals surface area contributed by atoms with Crippen molar-refractivity contribution in [3.05, 3.63) is 0 Å². The maximum absolute atomic E-state index is 10.5. The third kappa shape index (κ3) is 1.38. The van der Waals surface area contributed by atoms with Gasteiger partial charge >= 0.3 is 0 Å². The molecule has 0 aromatic heterocycles. The molecule has 5 heteroatoms. The number of hydrogen-bond acceptors (Lipinski definition) is 3. The van der Waals surface area contributed by atoms with E-state index in [0.717, 1.165) is 0 Å². The molecule has 2 N–H and O–H groups in total. The molecule has 0 saturated carbocycles. The van der Waals surface area contributed by atoms with Crippen molar-refractivity contribution in [2.24, 2.45) is 4.99 Å². The molecular weight excluding hydrogens is 136 g/mol. The highest BCUT2D eigenvalue weighted by Gasteiger charge is 2.16. The van der Waals surface area contributed by atoms with Gasteiger partial charge in [0.25, 0.3) is 5.91 Å². The smallest absolute Gasteiger partial charge is 0.256 e. The lowest BCUT2D eigenvalue weighted by atomic mass is 10.3. The fourth-order valence-electron chi connectivity index (χ4n) is 0.635. The van der Waals surface area contributed by atoms with Crippen molar-refractivity contribution in [2.45, 2.75) is 6.42 Å². The third-order valence-electron chi connectivity index (χ3n) is 1.00. The minimum Gasteiger partial charge on any atom is -0.388 e. The van der Waals surface area contributed by atoms with Gasteiger partial charge in [-0.15, -0.1) is 0 Å². The number of aliphatic imine (C=N–C) groups is 1. The number of nitrogens with one attached hydrogen (secondary N) is 1. The highest BCUT2D eigenvalue weighted by Crippen LogP contribution is 1.92. The van der Waals surface area contributed by atoms with Gasteiger partial charge in [-0.1, -0.05) is 0 Å². The Labute approximate surface area is 56.8 Å². The molecule has 5 nitrogen and oxygen atoms in total.